The number of piperidine rings is 1. The van der Waals surface area contributed by atoms with E-state index in [1.807, 2.05) is 13.0 Å². The summed E-state index contributed by atoms with van der Waals surface area (Å²) in [5, 5.41) is 3.16. The molecule has 0 spiro atoms. The van der Waals surface area contributed by atoms with E-state index in [4.69, 9.17) is 0 Å². The molecule has 31 heavy (non-hydrogen) atoms. The van der Waals surface area contributed by atoms with Crippen LogP contribution in [0.2, 0.25) is 0 Å². The maximum absolute atomic E-state index is 13.4. The summed E-state index contributed by atoms with van der Waals surface area (Å²) in [5.74, 6) is 0.976. The Morgan fingerprint density at radius 2 is 1.87 bits per heavy atom. The number of halogens is 3. The van der Waals surface area contributed by atoms with Gasteiger partial charge in [0, 0.05) is 43.2 Å². The molecule has 0 amide bonds. The van der Waals surface area contributed by atoms with Gasteiger partial charge in [-0.05, 0) is 31.4 Å². The van der Waals surface area contributed by atoms with Crippen LogP contribution < -0.4 is 10.2 Å². The first kappa shape index (κ1) is 21.0. The summed E-state index contributed by atoms with van der Waals surface area (Å²) in [5.41, 5.74) is 0.283. The van der Waals surface area contributed by atoms with Crippen LogP contribution in [0.5, 0.6) is 0 Å². The molecule has 10 heteroatoms. The molecule has 3 aromatic heterocycles. The largest absolute Gasteiger partial charge is 0.433 e. The second-order valence-corrected chi connectivity index (χ2v) is 7.30. The number of hydrogen-bond acceptors (Lipinski definition) is 7. The number of rotatable bonds is 5. The zero-order valence-electron chi connectivity index (χ0n) is 17.0. The Hall–Kier alpha value is -3.30. The Morgan fingerprint density at radius 3 is 2.55 bits per heavy atom. The average Bonchev–Trinajstić information content (AvgIpc) is 2.79. The van der Waals surface area contributed by atoms with E-state index in [2.05, 4.69) is 35.1 Å². The van der Waals surface area contributed by atoms with Gasteiger partial charge in [0.05, 0.1) is 0 Å². The SMILES string of the molecule is CCc1cc(N2CCC(Nc3cc(C(F)(F)F)nc(-c4ccccn4)n3)CC2)ncn1. The second kappa shape index (κ2) is 8.83. The first-order chi connectivity index (χ1) is 14.9. The van der Waals surface area contributed by atoms with Crippen LogP contribution in [0.15, 0.2) is 42.9 Å². The maximum Gasteiger partial charge on any atom is 0.433 e. The molecule has 0 bridgehead atoms. The predicted octanol–water partition coefficient (Wildman–Crippen LogP) is 3.99. The average molecular weight is 429 g/mol. The molecule has 1 N–H and O–H groups in total. The Morgan fingerprint density at radius 1 is 1.06 bits per heavy atom. The number of anilines is 2. The molecule has 162 valence electrons. The van der Waals surface area contributed by atoms with E-state index in [1.54, 1.807) is 24.5 Å². The molecule has 7 nitrogen and oxygen atoms in total. The van der Waals surface area contributed by atoms with Crippen molar-refractivity contribution in [3.8, 4) is 11.5 Å². The summed E-state index contributed by atoms with van der Waals surface area (Å²) in [4.78, 5) is 22.8. The molecule has 0 radical (unpaired) electrons. The Labute approximate surface area is 177 Å². The Kier molecular flexibility index (Phi) is 5.97. The standard InChI is InChI=1S/C21H22F3N7/c1-2-14-11-19(27-13-26-14)31-9-6-15(7-10-31)28-18-12-17(21(22,23)24)29-20(30-18)16-5-3-4-8-25-16/h3-5,8,11-13,15H,2,6-7,9-10H2,1H3,(H,28,29,30). The molecule has 4 heterocycles. The monoisotopic (exact) mass is 429 g/mol. The van der Waals surface area contributed by atoms with Gasteiger partial charge in [-0.15, -0.1) is 0 Å². The van der Waals surface area contributed by atoms with E-state index in [0.29, 0.717) is 5.69 Å². The summed E-state index contributed by atoms with van der Waals surface area (Å²) >= 11 is 0. The highest BCUT2D eigenvalue weighted by molar-refractivity contribution is 5.53. The third-order valence-corrected chi connectivity index (χ3v) is 5.15. The number of aryl methyl sites for hydroxylation is 1. The first-order valence-corrected chi connectivity index (χ1v) is 10.1. The van der Waals surface area contributed by atoms with E-state index < -0.39 is 11.9 Å². The molecule has 3 aromatic rings. The molecular weight excluding hydrogens is 407 g/mol. The number of alkyl halides is 3. The van der Waals surface area contributed by atoms with Crippen molar-refractivity contribution in [3.63, 3.8) is 0 Å². The molecule has 1 aliphatic rings. The number of nitrogens with zero attached hydrogens (tertiary/aromatic N) is 6. The normalized spacial score (nSPS) is 15.2. The van der Waals surface area contributed by atoms with Crippen molar-refractivity contribution in [2.45, 2.75) is 38.4 Å². The summed E-state index contributed by atoms with van der Waals surface area (Å²) < 4.78 is 40.2. The van der Waals surface area contributed by atoms with Crippen molar-refractivity contribution in [2.24, 2.45) is 0 Å². The topological polar surface area (TPSA) is 79.7 Å². The predicted molar refractivity (Wildman–Crippen MR) is 111 cm³/mol. The molecule has 1 fully saturated rings. The van der Waals surface area contributed by atoms with Gasteiger partial charge in [-0.2, -0.15) is 13.2 Å². The van der Waals surface area contributed by atoms with Crippen LogP contribution in [0.4, 0.5) is 24.8 Å². The van der Waals surface area contributed by atoms with E-state index >= 15 is 0 Å². The minimum absolute atomic E-state index is 0.00343. The van der Waals surface area contributed by atoms with Crippen molar-refractivity contribution in [1.82, 2.24) is 24.9 Å². The lowest BCUT2D eigenvalue weighted by Crippen LogP contribution is -2.39. The summed E-state index contributed by atoms with van der Waals surface area (Å²) in [6.45, 7) is 3.52. The lowest BCUT2D eigenvalue weighted by molar-refractivity contribution is -0.141. The molecule has 0 aromatic carbocycles. The zero-order valence-corrected chi connectivity index (χ0v) is 17.0. The summed E-state index contributed by atoms with van der Waals surface area (Å²) in [6, 6.07) is 7.89. The van der Waals surface area contributed by atoms with E-state index in [1.165, 1.54) is 6.20 Å². The molecular formula is C21H22F3N7. The highest BCUT2D eigenvalue weighted by Crippen LogP contribution is 2.31. The molecule has 0 saturated carbocycles. The quantitative estimate of drug-likeness (QED) is 0.657. The minimum Gasteiger partial charge on any atom is -0.367 e. The number of hydrogen-bond donors (Lipinski definition) is 1. The molecule has 4 rings (SSSR count). The van der Waals surface area contributed by atoms with E-state index in [0.717, 1.165) is 49.9 Å². The molecule has 0 aliphatic carbocycles. The first-order valence-electron chi connectivity index (χ1n) is 10.1. The fourth-order valence-corrected chi connectivity index (χ4v) is 3.49. The van der Waals surface area contributed by atoms with Crippen LogP contribution in [-0.4, -0.2) is 44.1 Å². The fraction of sp³-hybridized carbons (Fsp3) is 0.381. The molecule has 1 saturated heterocycles. The lowest BCUT2D eigenvalue weighted by atomic mass is 10.0. The van der Waals surface area contributed by atoms with Gasteiger partial charge < -0.3 is 10.2 Å². The molecule has 1 aliphatic heterocycles. The number of pyridine rings is 1. The fourth-order valence-electron chi connectivity index (χ4n) is 3.49. The highest BCUT2D eigenvalue weighted by atomic mass is 19.4. The van der Waals surface area contributed by atoms with E-state index in [9.17, 15) is 13.2 Å². The van der Waals surface area contributed by atoms with Crippen LogP contribution in [-0.2, 0) is 12.6 Å². The van der Waals surface area contributed by atoms with Gasteiger partial charge in [-0.1, -0.05) is 13.0 Å². The van der Waals surface area contributed by atoms with Crippen LogP contribution in [0.25, 0.3) is 11.5 Å². The number of nitrogens with one attached hydrogen (secondary N) is 1. The van der Waals surface area contributed by atoms with Gasteiger partial charge >= 0.3 is 6.18 Å². The van der Waals surface area contributed by atoms with Crippen LogP contribution in [0.3, 0.4) is 0 Å². The highest BCUT2D eigenvalue weighted by Gasteiger charge is 2.34. The smallest absolute Gasteiger partial charge is 0.367 e. The van der Waals surface area contributed by atoms with Crippen molar-refractivity contribution < 1.29 is 13.2 Å². The van der Waals surface area contributed by atoms with Crippen LogP contribution in [0, 0.1) is 0 Å². The second-order valence-electron chi connectivity index (χ2n) is 7.30. The molecule has 0 unspecified atom stereocenters. The van der Waals surface area contributed by atoms with Crippen LogP contribution >= 0.6 is 0 Å². The third kappa shape index (κ3) is 5.07. The van der Waals surface area contributed by atoms with Gasteiger partial charge in [0.15, 0.2) is 11.5 Å². The maximum atomic E-state index is 13.4. The summed E-state index contributed by atoms with van der Waals surface area (Å²) in [7, 11) is 0. The lowest BCUT2D eigenvalue weighted by Gasteiger charge is -2.33. The Bertz CT molecular complexity index is 1020. The van der Waals surface area contributed by atoms with Crippen molar-refractivity contribution in [3.05, 3.63) is 54.2 Å². The van der Waals surface area contributed by atoms with Crippen molar-refractivity contribution in [2.75, 3.05) is 23.3 Å². The van der Waals surface area contributed by atoms with E-state index in [-0.39, 0.29) is 17.7 Å². The van der Waals surface area contributed by atoms with Gasteiger partial charge in [-0.3, -0.25) is 4.98 Å². The third-order valence-electron chi connectivity index (χ3n) is 5.15. The van der Waals surface area contributed by atoms with Gasteiger partial charge in [0.2, 0.25) is 0 Å². The Balaban J connectivity index is 1.49. The molecule has 0 atom stereocenters. The van der Waals surface area contributed by atoms with Gasteiger partial charge in [0.25, 0.3) is 0 Å². The van der Waals surface area contributed by atoms with Crippen molar-refractivity contribution in [1.29, 1.82) is 0 Å². The van der Waals surface area contributed by atoms with Gasteiger partial charge in [-0.25, -0.2) is 19.9 Å². The van der Waals surface area contributed by atoms with Crippen molar-refractivity contribution >= 4 is 11.6 Å². The summed E-state index contributed by atoms with van der Waals surface area (Å²) in [6.07, 6.45) is 0.819. The minimum atomic E-state index is -4.57. The zero-order chi connectivity index (χ0) is 21.8. The van der Waals surface area contributed by atoms with Crippen LogP contribution in [0.1, 0.15) is 31.2 Å². The number of aromatic nitrogens is 5. The van der Waals surface area contributed by atoms with Gasteiger partial charge in [0.1, 0.15) is 23.7 Å².